The third kappa shape index (κ3) is 10.00. The van der Waals surface area contributed by atoms with Crippen molar-refractivity contribution in [3.63, 3.8) is 0 Å². The van der Waals surface area contributed by atoms with E-state index in [1.165, 1.54) is 18.5 Å². The van der Waals surface area contributed by atoms with Gasteiger partial charge in [-0.25, -0.2) is 4.57 Å². The number of phosphoric acid groups is 1. The number of carbonyl (C=O) groups is 1. The van der Waals surface area contributed by atoms with Crippen molar-refractivity contribution >= 4 is 55.0 Å². The van der Waals surface area contributed by atoms with Crippen molar-refractivity contribution in [2.75, 3.05) is 38.2 Å². The van der Waals surface area contributed by atoms with Crippen LogP contribution in [0.5, 0.6) is 5.75 Å². The molecule has 15 heteroatoms. The largest absolute Gasteiger partial charge is 0.469 e. The van der Waals surface area contributed by atoms with Gasteiger partial charge in [0.1, 0.15) is 0 Å². The minimum atomic E-state index is -4.46. The van der Waals surface area contributed by atoms with E-state index in [1.807, 2.05) is 30.0 Å². The van der Waals surface area contributed by atoms with Crippen LogP contribution in [0.1, 0.15) is 19.0 Å². The van der Waals surface area contributed by atoms with Gasteiger partial charge in [0.2, 0.25) is 0 Å². The molecule has 2 heterocycles. The first-order valence-electron chi connectivity index (χ1n) is 12.8. The molecule has 0 atom stereocenters. The average molecular weight is 647 g/mol. The van der Waals surface area contributed by atoms with E-state index in [-0.39, 0.29) is 23.4 Å². The number of aromatic nitrogens is 4. The zero-order chi connectivity index (χ0) is 29.2. The molecule has 0 spiro atoms. The number of anilines is 2. The van der Waals surface area contributed by atoms with Gasteiger partial charge in [-0.1, -0.05) is 6.92 Å². The van der Waals surface area contributed by atoms with Gasteiger partial charge in [-0.05, 0) is 13.0 Å². The van der Waals surface area contributed by atoms with Crippen molar-refractivity contribution in [3.05, 3.63) is 66.4 Å². The average Bonchev–Trinajstić information content (AvgIpc) is 3.35. The number of carbonyl (C=O) groups excluding carboxylic acids is 1. The molecule has 2 aromatic heterocycles. The van der Waals surface area contributed by atoms with Crippen LogP contribution < -0.4 is 14.4 Å². The van der Waals surface area contributed by atoms with E-state index in [4.69, 9.17) is 14.5 Å². The van der Waals surface area contributed by atoms with E-state index in [0.717, 1.165) is 11.9 Å². The van der Waals surface area contributed by atoms with E-state index < -0.39 is 23.6 Å². The Bertz CT molecular complexity index is 1520. The maximum atomic E-state index is 13.4. The van der Waals surface area contributed by atoms with Crippen LogP contribution in [0.25, 0.3) is 10.9 Å². The number of phosphoric ester groups is 1. The maximum Gasteiger partial charge on any atom is 0.469 e. The van der Waals surface area contributed by atoms with Gasteiger partial charge in [-0.15, -0.1) is 0 Å². The Morgan fingerprint density at radius 3 is 2.78 bits per heavy atom. The predicted octanol–water partition coefficient (Wildman–Crippen LogP) is 2.53. The molecule has 0 aliphatic carbocycles. The molecule has 0 unspecified atom stereocenters. The summed E-state index contributed by atoms with van der Waals surface area (Å²) in [5.74, 6) is 1.35. The number of H-pyrrole nitrogens is 1. The van der Waals surface area contributed by atoms with Gasteiger partial charge in [-0.3, -0.25) is 4.52 Å². The van der Waals surface area contributed by atoms with Crippen molar-refractivity contribution in [1.29, 1.82) is 0 Å². The van der Waals surface area contributed by atoms with Crippen LogP contribution in [-0.4, -0.2) is 88.0 Å². The number of fused-ring (bicyclic) bond motifs is 1. The Balaban J connectivity index is 1.28. The molecule has 0 bridgehead atoms. The fourth-order valence-corrected chi connectivity index (χ4v) is 6.13. The molecule has 217 valence electrons. The summed E-state index contributed by atoms with van der Waals surface area (Å²) in [6.45, 7) is 4.19. The summed E-state index contributed by atoms with van der Waals surface area (Å²) in [5, 5.41) is 11.0. The van der Waals surface area contributed by atoms with Gasteiger partial charge in [-0.2, -0.15) is 0 Å². The monoisotopic (exact) mass is 647 g/mol. The predicted molar refractivity (Wildman–Crippen MR) is 152 cm³/mol. The van der Waals surface area contributed by atoms with Crippen LogP contribution in [-0.2, 0) is 20.3 Å². The number of rotatable bonds is 16. The van der Waals surface area contributed by atoms with Gasteiger partial charge in [0.25, 0.3) is 0 Å². The molecular weight excluding hydrogens is 617 g/mol. The molecule has 4 aromatic rings. The molecule has 41 heavy (non-hydrogen) atoms. The van der Waals surface area contributed by atoms with Gasteiger partial charge in [0.05, 0.1) is 13.2 Å². The molecule has 0 saturated carbocycles. The third-order valence-electron chi connectivity index (χ3n) is 5.89. The molecule has 1 radical (unpaired) electrons. The summed E-state index contributed by atoms with van der Waals surface area (Å²) >= 11 is -0.813. The minimum absolute atomic E-state index is 0.0263. The molecule has 0 fully saturated rings. The molecule has 0 saturated heterocycles. The quantitative estimate of drug-likeness (QED) is 0.0803. The SMILES string of the molecule is CCN(CCCOc1ccc2c(Nc3cc(CC(=O)[As]c4cccc(F)c4)[nH]n3)ncnc2c1)CCOP(=O)(O)O. The molecule has 2 aromatic carbocycles. The first kappa shape index (κ1) is 30.8. The number of likely N-dealkylation sites (N-methyl/N-ethyl adjacent to an activating group) is 1. The number of nitrogens with one attached hydrogen (secondary N) is 2. The molecule has 0 aliphatic heterocycles. The summed E-state index contributed by atoms with van der Waals surface area (Å²) in [6.07, 6.45) is 2.33. The van der Waals surface area contributed by atoms with Crippen molar-refractivity contribution in [2.24, 2.45) is 0 Å². The second-order valence-electron chi connectivity index (χ2n) is 8.93. The standard InChI is InChI=1S/C26H30AsFN6O6P/c1-2-34(10-12-40-41(36,37)38)9-4-11-39-21-7-8-22-23(16-21)29-17-30-26(22)31-25-15-20(32-33-25)14-24(35)27-18-5-3-6-19(28)13-18/h3,5-8,13,15-17H,2,4,9-12,14H2,1H3,(H2,36,37,38)(H2,29,30,31,32,33). The van der Waals surface area contributed by atoms with E-state index in [9.17, 15) is 13.8 Å². The Kier molecular flexibility index (Phi) is 11.0. The number of nitrogens with zero attached hydrogens (tertiary/aromatic N) is 4. The summed E-state index contributed by atoms with van der Waals surface area (Å²) in [6, 6.07) is 13.4. The molecule has 0 aliphatic rings. The first-order valence-corrected chi connectivity index (χ1v) is 16.2. The van der Waals surface area contributed by atoms with Gasteiger partial charge in [0.15, 0.2) is 0 Å². The van der Waals surface area contributed by atoms with Crippen molar-refractivity contribution in [2.45, 2.75) is 19.8 Å². The number of hydrogen-bond acceptors (Lipinski definition) is 9. The number of ether oxygens (including phenoxy) is 1. The van der Waals surface area contributed by atoms with Crippen LogP contribution in [0.3, 0.4) is 0 Å². The smallest absolute Gasteiger partial charge is 0.303 e. The Hall–Kier alpha value is -3.18. The topological polar surface area (TPSA) is 163 Å². The number of benzene rings is 2. The Morgan fingerprint density at radius 1 is 1.15 bits per heavy atom. The second-order valence-corrected chi connectivity index (χ2v) is 12.8. The van der Waals surface area contributed by atoms with Gasteiger partial charge < -0.3 is 14.7 Å². The van der Waals surface area contributed by atoms with Crippen LogP contribution in [0.2, 0.25) is 0 Å². The van der Waals surface area contributed by atoms with Crippen LogP contribution in [0.4, 0.5) is 16.0 Å². The maximum absolute atomic E-state index is 13.4. The van der Waals surface area contributed by atoms with E-state index in [1.54, 1.807) is 18.2 Å². The first-order chi connectivity index (χ1) is 19.7. The van der Waals surface area contributed by atoms with E-state index >= 15 is 0 Å². The minimum Gasteiger partial charge on any atom is -0.303 e. The zero-order valence-electron chi connectivity index (χ0n) is 22.2. The van der Waals surface area contributed by atoms with Crippen LogP contribution >= 0.6 is 7.82 Å². The van der Waals surface area contributed by atoms with Gasteiger partial charge in [0, 0.05) is 13.1 Å². The van der Waals surface area contributed by atoms with Crippen LogP contribution in [0.15, 0.2) is 54.9 Å². The van der Waals surface area contributed by atoms with Crippen molar-refractivity contribution < 1.29 is 32.8 Å². The number of hydrogen-bond donors (Lipinski definition) is 4. The van der Waals surface area contributed by atoms with Crippen molar-refractivity contribution in [3.8, 4) is 5.75 Å². The zero-order valence-corrected chi connectivity index (χ0v) is 25.0. The molecule has 0 amide bonds. The molecular formula is C26H30AsFN6O6P. The Labute approximate surface area is 242 Å². The number of halogens is 1. The van der Waals surface area contributed by atoms with Gasteiger partial charge >= 0.3 is 173 Å². The number of aromatic amines is 1. The fourth-order valence-electron chi connectivity index (χ4n) is 3.95. The van der Waals surface area contributed by atoms with E-state index in [2.05, 4.69) is 30.0 Å². The van der Waals surface area contributed by atoms with Crippen LogP contribution in [0, 0.1) is 5.82 Å². The molecule has 4 rings (SSSR count). The summed E-state index contributed by atoms with van der Waals surface area (Å²) < 4.78 is 35.4. The summed E-state index contributed by atoms with van der Waals surface area (Å²) in [4.78, 5) is 40.8. The Morgan fingerprint density at radius 2 is 2.00 bits per heavy atom. The normalized spacial score (nSPS) is 12.0. The van der Waals surface area contributed by atoms with Crippen molar-refractivity contribution in [1.82, 2.24) is 25.1 Å². The fraction of sp³-hybridized carbons (Fsp3) is 0.308. The third-order valence-corrected chi connectivity index (χ3v) is 8.39. The summed E-state index contributed by atoms with van der Waals surface area (Å²) in [7, 11) is -4.46. The van der Waals surface area contributed by atoms with E-state index in [0.29, 0.717) is 59.1 Å². The summed E-state index contributed by atoms with van der Waals surface area (Å²) in [5.41, 5.74) is 1.32. The second kappa shape index (κ2) is 14.6. The molecule has 4 N–H and O–H groups in total. The molecule has 12 nitrogen and oxygen atoms in total.